The molecule has 6 N–H and O–H groups in total. The first kappa shape index (κ1) is 24.0. The van der Waals surface area contributed by atoms with Crippen molar-refractivity contribution in [1.29, 1.82) is 0 Å². The molecule has 0 bridgehead atoms. The standard InChI is InChI=1S/C8H10O9.C4H6O4/c9-5(10)1-3(7(13)14)17-4(8(15)16)2-6(11)12;5-3(6)1-2-4(7)8/h3-4H,1-2H2,(H,9,10)(H,11,12)(H,13,14)(H,15,16);1-2H2,(H,5,6)(H,7,8). The molecular formula is C12H16O13. The van der Waals surface area contributed by atoms with Gasteiger partial charge in [0.05, 0.1) is 25.7 Å². The fourth-order valence-corrected chi connectivity index (χ4v) is 1.12. The molecule has 0 heterocycles. The summed E-state index contributed by atoms with van der Waals surface area (Å²) in [6.07, 6.45) is -6.33. The summed E-state index contributed by atoms with van der Waals surface area (Å²) in [5, 5.41) is 49.6. The molecule has 0 saturated heterocycles. The highest BCUT2D eigenvalue weighted by atomic mass is 16.5. The van der Waals surface area contributed by atoms with Crippen LogP contribution in [0.5, 0.6) is 0 Å². The highest BCUT2D eigenvalue weighted by molar-refractivity contribution is 5.82. The summed E-state index contributed by atoms with van der Waals surface area (Å²) in [4.78, 5) is 60.9. The van der Waals surface area contributed by atoms with Crippen molar-refractivity contribution < 1.29 is 64.1 Å². The van der Waals surface area contributed by atoms with Gasteiger partial charge in [0.1, 0.15) is 0 Å². The van der Waals surface area contributed by atoms with E-state index in [0.717, 1.165) is 0 Å². The van der Waals surface area contributed by atoms with E-state index in [0.29, 0.717) is 0 Å². The number of carboxylic acid groups (broad SMARTS) is 6. The number of carboxylic acids is 6. The Morgan fingerprint density at radius 3 is 1.00 bits per heavy atom. The number of aliphatic carboxylic acids is 6. The normalized spacial score (nSPS) is 12.0. The molecule has 13 nitrogen and oxygen atoms in total. The fourth-order valence-electron chi connectivity index (χ4n) is 1.12. The lowest BCUT2D eigenvalue weighted by molar-refractivity contribution is -0.172. The summed E-state index contributed by atoms with van der Waals surface area (Å²) in [5.41, 5.74) is 0. The van der Waals surface area contributed by atoms with Gasteiger partial charge in [-0.05, 0) is 0 Å². The van der Waals surface area contributed by atoms with Crippen molar-refractivity contribution in [2.24, 2.45) is 0 Å². The maximum atomic E-state index is 10.6. The molecule has 0 radical (unpaired) electrons. The van der Waals surface area contributed by atoms with Crippen LogP contribution < -0.4 is 0 Å². The Hall–Kier alpha value is -3.22. The maximum absolute atomic E-state index is 10.6. The van der Waals surface area contributed by atoms with E-state index >= 15 is 0 Å². The Labute approximate surface area is 139 Å². The molecule has 0 aliphatic heterocycles. The van der Waals surface area contributed by atoms with Crippen LogP contribution >= 0.6 is 0 Å². The van der Waals surface area contributed by atoms with Crippen molar-refractivity contribution in [3.63, 3.8) is 0 Å². The third-order valence-corrected chi connectivity index (χ3v) is 2.15. The monoisotopic (exact) mass is 368 g/mol. The van der Waals surface area contributed by atoms with Crippen LogP contribution in [0.2, 0.25) is 0 Å². The molecule has 25 heavy (non-hydrogen) atoms. The average Bonchev–Trinajstić information content (AvgIpc) is 2.43. The predicted molar refractivity (Wildman–Crippen MR) is 72.9 cm³/mol. The predicted octanol–water partition coefficient (Wildman–Crippen LogP) is -1.21. The maximum Gasteiger partial charge on any atom is 0.333 e. The molecule has 0 aromatic carbocycles. The molecule has 0 aliphatic rings. The molecule has 0 aliphatic carbocycles. The lowest BCUT2D eigenvalue weighted by atomic mass is 10.2. The van der Waals surface area contributed by atoms with Crippen LogP contribution in [0.25, 0.3) is 0 Å². The van der Waals surface area contributed by atoms with Gasteiger partial charge in [-0.25, -0.2) is 9.59 Å². The molecule has 142 valence electrons. The summed E-state index contributed by atoms with van der Waals surface area (Å²) in [6.45, 7) is 0. The number of hydrogen-bond acceptors (Lipinski definition) is 7. The molecule has 13 heteroatoms. The Morgan fingerprint density at radius 1 is 0.560 bits per heavy atom. The van der Waals surface area contributed by atoms with E-state index in [2.05, 4.69) is 4.74 Å². The van der Waals surface area contributed by atoms with Crippen molar-refractivity contribution >= 4 is 35.8 Å². The van der Waals surface area contributed by atoms with E-state index in [1.807, 2.05) is 0 Å². The summed E-state index contributed by atoms with van der Waals surface area (Å²) in [5.74, 6) is -8.51. The second kappa shape index (κ2) is 12.2. The summed E-state index contributed by atoms with van der Waals surface area (Å²) in [7, 11) is 0. The highest BCUT2D eigenvalue weighted by Crippen LogP contribution is 2.08. The van der Waals surface area contributed by atoms with Crippen LogP contribution in [0.15, 0.2) is 0 Å². The van der Waals surface area contributed by atoms with Crippen molar-refractivity contribution in [2.45, 2.75) is 37.9 Å². The van der Waals surface area contributed by atoms with Crippen LogP contribution in [-0.4, -0.2) is 78.7 Å². The van der Waals surface area contributed by atoms with E-state index < -0.39 is 60.9 Å². The van der Waals surface area contributed by atoms with Crippen LogP contribution in [0.4, 0.5) is 0 Å². The van der Waals surface area contributed by atoms with Gasteiger partial charge in [-0.3, -0.25) is 19.2 Å². The van der Waals surface area contributed by atoms with E-state index in [-0.39, 0.29) is 12.8 Å². The molecule has 0 amide bonds. The lowest BCUT2D eigenvalue weighted by Gasteiger charge is -2.16. The van der Waals surface area contributed by atoms with Crippen LogP contribution in [-0.2, 0) is 33.5 Å². The minimum absolute atomic E-state index is 0.296. The minimum atomic E-state index is -1.91. The summed E-state index contributed by atoms with van der Waals surface area (Å²) in [6, 6.07) is 0. The van der Waals surface area contributed by atoms with Crippen LogP contribution in [0, 0.1) is 0 Å². The second-order valence-corrected chi connectivity index (χ2v) is 4.27. The quantitative estimate of drug-likeness (QED) is 0.251. The lowest BCUT2D eigenvalue weighted by Crippen LogP contribution is -2.36. The Morgan fingerprint density at radius 2 is 0.840 bits per heavy atom. The molecule has 2 unspecified atom stereocenters. The smallest absolute Gasteiger partial charge is 0.333 e. The van der Waals surface area contributed by atoms with Gasteiger partial charge in [-0.15, -0.1) is 0 Å². The van der Waals surface area contributed by atoms with Crippen molar-refractivity contribution in [2.75, 3.05) is 0 Å². The second-order valence-electron chi connectivity index (χ2n) is 4.27. The third kappa shape index (κ3) is 15.4. The van der Waals surface area contributed by atoms with Crippen molar-refractivity contribution in [3.8, 4) is 0 Å². The van der Waals surface area contributed by atoms with E-state index in [1.54, 1.807) is 0 Å². The molecule has 0 saturated carbocycles. The molecule has 2 atom stereocenters. The molecule has 0 aromatic heterocycles. The topological polar surface area (TPSA) is 233 Å². The van der Waals surface area contributed by atoms with E-state index in [4.69, 9.17) is 30.6 Å². The summed E-state index contributed by atoms with van der Waals surface area (Å²) >= 11 is 0. The van der Waals surface area contributed by atoms with Gasteiger partial charge in [0.15, 0.2) is 12.2 Å². The Kier molecular flexibility index (Phi) is 11.8. The molecule has 0 fully saturated rings. The number of rotatable bonds is 11. The van der Waals surface area contributed by atoms with Crippen LogP contribution in [0.3, 0.4) is 0 Å². The first-order chi connectivity index (χ1) is 11.4. The zero-order chi connectivity index (χ0) is 20.2. The van der Waals surface area contributed by atoms with Gasteiger partial charge < -0.3 is 35.4 Å². The van der Waals surface area contributed by atoms with Gasteiger partial charge in [-0.2, -0.15) is 0 Å². The SMILES string of the molecule is O=C(O)CC(OC(CC(=O)O)C(=O)O)C(=O)O.O=C(O)CCC(=O)O. The highest BCUT2D eigenvalue weighted by Gasteiger charge is 2.30. The zero-order valence-corrected chi connectivity index (χ0v) is 12.5. The van der Waals surface area contributed by atoms with Crippen molar-refractivity contribution in [3.05, 3.63) is 0 Å². The minimum Gasteiger partial charge on any atom is -0.481 e. The van der Waals surface area contributed by atoms with E-state index in [9.17, 15) is 28.8 Å². The number of carbonyl (C=O) groups is 6. The fraction of sp³-hybridized carbons (Fsp3) is 0.500. The van der Waals surface area contributed by atoms with Crippen molar-refractivity contribution in [1.82, 2.24) is 0 Å². The zero-order valence-electron chi connectivity index (χ0n) is 12.5. The third-order valence-electron chi connectivity index (χ3n) is 2.15. The average molecular weight is 368 g/mol. The number of ether oxygens (including phenoxy) is 1. The molecular weight excluding hydrogens is 352 g/mol. The van der Waals surface area contributed by atoms with E-state index in [1.165, 1.54) is 0 Å². The first-order valence-corrected chi connectivity index (χ1v) is 6.35. The van der Waals surface area contributed by atoms with Crippen LogP contribution in [0.1, 0.15) is 25.7 Å². The van der Waals surface area contributed by atoms with Gasteiger partial charge in [-0.1, -0.05) is 0 Å². The largest absolute Gasteiger partial charge is 0.481 e. The van der Waals surface area contributed by atoms with Gasteiger partial charge in [0.25, 0.3) is 0 Å². The summed E-state index contributed by atoms with van der Waals surface area (Å²) < 4.78 is 4.43. The molecule has 0 rings (SSSR count). The molecule has 0 aromatic rings. The van der Waals surface area contributed by atoms with Gasteiger partial charge in [0, 0.05) is 0 Å². The number of hydrogen-bond donors (Lipinski definition) is 6. The Bertz CT molecular complexity index is 477. The molecule has 0 spiro atoms. The van der Waals surface area contributed by atoms with Gasteiger partial charge in [0.2, 0.25) is 0 Å². The first-order valence-electron chi connectivity index (χ1n) is 6.35. The van der Waals surface area contributed by atoms with Gasteiger partial charge >= 0.3 is 35.8 Å². The Balaban J connectivity index is 0.